The van der Waals surface area contributed by atoms with Gasteiger partial charge in [-0.2, -0.15) is 0 Å². The number of hydrogen-bond acceptors (Lipinski definition) is 3. The van der Waals surface area contributed by atoms with Crippen LogP contribution >= 0.6 is 0 Å². The molecule has 2 N–H and O–H groups in total. The Morgan fingerprint density at radius 1 is 1.32 bits per heavy atom. The Morgan fingerprint density at radius 3 is 2.64 bits per heavy atom. The molecule has 1 unspecified atom stereocenters. The molecule has 120 valence electrons. The molecule has 1 aliphatic carbocycles. The number of carbonyl (C=O) groups is 2. The second-order valence-electron chi connectivity index (χ2n) is 5.85. The molecule has 22 heavy (non-hydrogen) atoms. The number of nitrogens with one attached hydrogen (secondary N) is 1. The van der Waals surface area contributed by atoms with E-state index in [2.05, 4.69) is 5.32 Å². The highest BCUT2D eigenvalue weighted by molar-refractivity contribution is 5.85. The summed E-state index contributed by atoms with van der Waals surface area (Å²) in [5.41, 5.74) is 2.49. The fourth-order valence-corrected chi connectivity index (χ4v) is 2.81. The van der Waals surface area contributed by atoms with Crippen molar-refractivity contribution < 1.29 is 19.4 Å². The third-order valence-electron chi connectivity index (χ3n) is 4.26. The maximum atomic E-state index is 12.0. The predicted molar refractivity (Wildman–Crippen MR) is 82.6 cm³/mol. The third kappa shape index (κ3) is 4.07. The molecule has 1 aromatic carbocycles. The summed E-state index contributed by atoms with van der Waals surface area (Å²) < 4.78 is 5.53. The highest BCUT2D eigenvalue weighted by atomic mass is 16.5. The van der Waals surface area contributed by atoms with Gasteiger partial charge in [-0.15, -0.1) is 0 Å². The van der Waals surface area contributed by atoms with Crippen molar-refractivity contribution in [1.29, 1.82) is 0 Å². The zero-order chi connectivity index (χ0) is 16.1. The monoisotopic (exact) mass is 305 g/mol. The number of aliphatic carboxylic acids is 1. The lowest BCUT2D eigenvalue weighted by molar-refractivity contribution is -0.143. The highest BCUT2D eigenvalue weighted by Gasteiger charge is 2.25. The van der Waals surface area contributed by atoms with Crippen molar-refractivity contribution in [3.05, 3.63) is 34.9 Å². The van der Waals surface area contributed by atoms with Gasteiger partial charge < -0.3 is 15.2 Å². The van der Waals surface area contributed by atoms with E-state index in [1.807, 2.05) is 19.9 Å². The van der Waals surface area contributed by atoms with Crippen LogP contribution in [0.25, 0.3) is 0 Å². The van der Waals surface area contributed by atoms with Gasteiger partial charge >= 0.3 is 5.97 Å². The van der Waals surface area contributed by atoms with Crippen molar-refractivity contribution in [2.75, 3.05) is 6.61 Å². The van der Waals surface area contributed by atoms with Crippen molar-refractivity contribution in [3.63, 3.8) is 0 Å². The summed E-state index contributed by atoms with van der Waals surface area (Å²) in [4.78, 5) is 23.5. The molecule has 1 aliphatic rings. The normalized spacial score (nSPS) is 16.5. The van der Waals surface area contributed by atoms with Gasteiger partial charge in [0.2, 0.25) is 5.91 Å². The van der Waals surface area contributed by atoms with E-state index in [0.717, 1.165) is 36.8 Å². The van der Waals surface area contributed by atoms with Gasteiger partial charge in [0.05, 0.1) is 6.10 Å². The van der Waals surface area contributed by atoms with Crippen molar-refractivity contribution in [2.24, 2.45) is 0 Å². The van der Waals surface area contributed by atoms with Crippen molar-refractivity contribution in [1.82, 2.24) is 5.32 Å². The fraction of sp³-hybridized carbons (Fsp3) is 0.529. The molecule has 1 saturated carbocycles. The number of amides is 1. The number of aryl methyl sites for hydroxylation is 1. The van der Waals surface area contributed by atoms with E-state index in [1.165, 1.54) is 0 Å². The lowest BCUT2D eigenvalue weighted by Crippen LogP contribution is -2.37. The summed E-state index contributed by atoms with van der Waals surface area (Å²) in [6.07, 6.45) is 4.35. The zero-order valence-electron chi connectivity index (χ0n) is 13.1. The summed E-state index contributed by atoms with van der Waals surface area (Å²) in [5, 5.41) is 12.0. The molecule has 1 fully saturated rings. The number of carboxylic acid groups (broad SMARTS) is 1. The SMILES string of the molecule is Cc1cccc(C(NC(=O)COC2CCCC2)C(=O)O)c1C. The molecule has 1 aromatic rings. The minimum absolute atomic E-state index is 0.0840. The minimum atomic E-state index is -1.07. The van der Waals surface area contributed by atoms with Crippen LogP contribution < -0.4 is 5.32 Å². The quantitative estimate of drug-likeness (QED) is 0.846. The molecule has 0 heterocycles. The Morgan fingerprint density at radius 2 is 2.00 bits per heavy atom. The van der Waals surface area contributed by atoms with Gasteiger partial charge in [-0.3, -0.25) is 4.79 Å². The van der Waals surface area contributed by atoms with Gasteiger partial charge in [-0.1, -0.05) is 31.0 Å². The van der Waals surface area contributed by atoms with Crippen molar-refractivity contribution >= 4 is 11.9 Å². The average Bonchev–Trinajstić information content (AvgIpc) is 2.99. The highest BCUT2D eigenvalue weighted by Crippen LogP contribution is 2.22. The van der Waals surface area contributed by atoms with Crippen LogP contribution in [0.4, 0.5) is 0 Å². The van der Waals surface area contributed by atoms with E-state index in [0.29, 0.717) is 5.56 Å². The van der Waals surface area contributed by atoms with Gasteiger partial charge in [-0.25, -0.2) is 4.79 Å². The van der Waals surface area contributed by atoms with E-state index in [1.54, 1.807) is 12.1 Å². The summed E-state index contributed by atoms with van der Waals surface area (Å²) in [5.74, 6) is -1.46. The van der Waals surface area contributed by atoms with Crippen molar-refractivity contribution in [2.45, 2.75) is 51.7 Å². The van der Waals surface area contributed by atoms with Gasteiger partial charge in [0.15, 0.2) is 6.04 Å². The molecule has 0 radical (unpaired) electrons. The topological polar surface area (TPSA) is 75.6 Å². The molecule has 2 rings (SSSR count). The maximum Gasteiger partial charge on any atom is 0.330 e. The van der Waals surface area contributed by atoms with E-state index in [9.17, 15) is 14.7 Å². The van der Waals surface area contributed by atoms with E-state index in [4.69, 9.17) is 4.74 Å². The number of rotatable bonds is 6. The summed E-state index contributed by atoms with van der Waals surface area (Å²) >= 11 is 0. The Labute approximate surface area is 130 Å². The standard InChI is InChI=1S/C17H23NO4/c1-11-6-5-9-14(12(11)2)16(17(20)21)18-15(19)10-22-13-7-3-4-8-13/h5-6,9,13,16H,3-4,7-8,10H2,1-2H3,(H,18,19)(H,20,21). The van der Waals surface area contributed by atoms with Gasteiger partial charge in [0.1, 0.15) is 6.61 Å². The van der Waals surface area contributed by atoms with Gasteiger partial charge in [0.25, 0.3) is 0 Å². The third-order valence-corrected chi connectivity index (χ3v) is 4.26. The first-order chi connectivity index (χ1) is 10.5. The smallest absolute Gasteiger partial charge is 0.330 e. The van der Waals surface area contributed by atoms with Crippen molar-refractivity contribution in [3.8, 4) is 0 Å². The van der Waals surface area contributed by atoms with Crippen LogP contribution in [-0.4, -0.2) is 29.7 Å². The molecule has 0 spiro atoms. The summed E-state index contributed by atoms with van der Waals surface area (Å²) in [6, 6.07) is 4.41. The molecule has 0 bridgehead atoms. The van der Waals surface area contributed by atoms with E-state index >= 15 is 0 Å². The second-order valence-corrected chi connectivity index (χ2v) is 5.85. The summed E-state index contributed by atoms with van der Waals surface area (Å²) in [6.45, 7) is 3.70. The molecule has 0 aromatic heterocycles. The first kappa shape index (κ1) is 16.5. The molecule has 1 amide bonds. The van der Waals surface area contributed by atoms with E-state index in [-0.39, 0.29) is 18.6 Å². The Kier molecular flexibility index (Phi) is 5.55. The predicted octanol–water partition coefficient (Wildman–Crippen LogP) is 2.50. The van der Waals surface area contributed by atoms with E-state index < -0.39 is 12.0 Å². The number of carboxylic acids is 1. The molecular formula is C17H23NO4. The number of carbonyl (C=O) groups excluding carboxylic acids is 1. The first-order valence-electron chi connectivity index (χ1n) is 7.69. The molecule has 0 saturated heterocycles. The van der Waals surface area contributed by atoms with Gasteiger partial charge in [-0.05, 0) is 43.4 Å². The average molecular weight is 305 g/mol. The van der Waals surface area contributed by atoms with Crippen LogP contribution in [-0.2, 0) is 14.3 Å². The van der Waals surface area contributed by atoms with Crippen LogP contribution in [0.2, 0.25) is 0 Å². The molecule has 0 aliphatic heterocycles. The van der Waals surface area contributed by atoms with Crippen LogP contribution in [0, 0.1) is 13.8 Å². The first-order valence-corrected chi connectivity index (χ1v) is 7.69. The minimum Gasteiger partial charge on any atom is -0.479 e. The molecule has 5 nitrogen and oxygen atoms in total. The Bertz CT molecular complexity index is 550. The van der Waals surface area contributed by atoms with Crippen LogP contribution in [0.5, 0.6) is 0 Å². The van der Waals surface area contributed by atoms with Crippen LogP contribution in [0.3, 0.4) is 0 Å². The Balaban J connectivity index is 2.00. The van der Waals surface area contributed by atoms with Gasteiger partial charge in [0, 0.05) is 0 Å². The molecular weight excluding hydrogens is 282 g/mol. The fourth-order valence-electron chi connectivity index (χ4n) is 2.81. The number of benzene rings is 1. The largest absolute Gasteiger partial charge is 0.479 e. The molecule has 5 heteroatoms. The Hall–Kier alpha value is -1.88. The van der Waals surface area contributed by atoms with Crippen LogP contribution in [0.15, 0.2) is 18.2 Å². The zero-order valence-corrected chi connectivity index (χ0v) is 13.1. The number of hydrogen-bond donors (Lipinski definition) is 2. The second kappa shape index (κ2) is 7.40. The number of ether oxygens (including phenoxy) is 1. The van der Waals surface area contributed by atoms with Crippen LogP contribution in [0.1, 0.15) is 48.4 Å². The lowest BCUT2D eigenvalue weighted by atomic mass is 9.97. The molecule has 1 atom stereocenters. The lowest BCUT2D eigenvalue weighted by Gasteiger charge is -2.19. The maximum absolute atomic E-state index is 12.0. The summed E-state index contributed by atoms with van der Waals surface area (Å²) in [7, 11) is 0.